The second-order valence-electron chi connectivity index (χ2n) is 7.52. The normalized spacial score (nSPS) is 14.8. The van der Waals surface area contributed by atoms with Crippen molar-refractivity contribution in [2.24, 2.45) is 5.92 Å². The van der Waals surface area contributed by atoms with Crippen molar-refractivity contribution in [3.05, 3.63) is 71.8 Å². The summed E-state index contributed by atoms with van der Waals surface area (Å²) in [5.74, 6) is 0.118. The number of anilines is 1. The predicted molar refractivity (Wildman–Crippen MR) is 122 cm³/mol. The fourth-order valence-electron chi connectivity index (χ4n) is 3.74. The van der Waals surface area contributed by atoms with E-state index in [4.69, 9.17) is 11.6 Å². The Morgan fingerprint density at radius 1 is 1.13 bits per heavy atom. The Morgan fingerprint density at radius 3 is 2.50 bits per heavy atom. The molecule has 0 atom stereocenters. The highest BCUT2D eigenvalue weighted by atomic mass is 35.5. The molecule has 2 aromatic carbocycles. The molecule has 1 saturated carbocycles. The van der Waals surface area contributed by atoms with Gasteiger partial charge in [0.25, 0.3) is 15.9 Å². The van der Waals surface area contributed by atoms with E-state index in [2.05, 4.69) is 11.9 Å². The second-order valence-corrected chi connectivity index (χ2v) is 9.79. The number of sulfonamides is 1. The van der Waals surface area contributed by atoms with Gasteiger partial charge in [-0.3, -0.25) is 9.10 Å². The number of hydrogen-bond donors (Lipinski definition) is 1. The number of benzene rings is 2. The maximum absolute atomic E-state index is 13.3. The number of carbonyl (C=O) groups is 1. The Balaban J connectivity index is 1.85. The molecule has 0 heterocycles. The lowest BCUT2D eigenvalue weighted by molar-refractivity contribution is 0.0943. The van der Waals surface area contributed by atoms with E-state index in [1.165, 1.54) is 47.8 Å². The van der Waals surface area contributed by atoms with Gasteiger partial charge in [-0.1, -0.05) is 55.1 Å². The zero-order valence-corrected chi connectivity index (χ0v) is 18.5. The number of hydrogen-bond acceptors (Lipinski definition) is 3. The summed E-state index contributed by atoms with van der Waals surface area (Å²) in [6.45, 7) is 4.36. The molecular formula is C23H27ClN2O3S. The van der Waals surface area contributed by atoms with Crippen LogP contribution >= 0.6 is 11.6 Å². The van der Waals surface area contributed by atoms with Crippen molar-refractivity contribution in [1.82, 2.24) is 5.32 Å². The summed E-state index contributed by atoms with van der Waals surface area (Å²) < 4.78 is 27.9. The summed E-state index contributed by atoms with van der Waals surface area (Å²) in [5.41, 5.74) is 0.691. The Bertz CT molecular complexity index is 987. The Kier molecular flexibility index (Phi) is 7.56. The summed E-state index contributed by atoms with van der Waals surface area (Å²) >= 11 is 6.23. The van der Waals surface area contributed by atoms with E-state index in [1.807, 2.05) is 6.07 Å². The number of amides is 1. The van der Waals surface area contributed by atoms with Crippen molar-refractivity contribution in [2.75, 3.05) is 17.4 Å². The van der Waals surface area contributed by atoms with Crippen molar-refractivity contribution in [3.63, 3.8) is 0 Å². The standard InChI is InChI=1S/C23H27ClN2O3S/c1-2-15-26(19-11-7-4-8-12-19)30(28,29)20-13-14-22(24)21(16-20)23(27)25-17-18-9-5-3-6-10-18/h2,4,7-8,11-14,16,18H,1,3,5-6,9-10,15,17H2,(H,25,27). The Labute approximate surface area is 183 Å². The molecule has 1 amide bonds. The van der Waals surface area contributed by atoms with Crippen LogP contribution in [0.25, 0.3) is 0 Å². The first kappa shape index (κ1) is 22.4. The summed E-state index contributed by atoms with van der Waals surface area (Å²) in [7, 11) is -3.90. The monoisotopic (exact) mass is 446 g/mol. The first-order valence-corrected chi connectivity index (χ1v) is 12.0. The number of para-hydroxylation sites is 1. The summed E-state index contributed by atoms with van der Waals surface area (Å²) in [6, 6.07) is 13.0. The molecule has 0 bridgehead atoms. The highest BCUT2D eigenvalue weighted by Gasteiger charge is 2.26. The quantitative estimate of drug-likeness (QED) is 0.578. The Morgan fingerprint density at radius 2 is 1.83 bits per heavy atom. The Hall–Kier alpha value is -2.31. The number of nitrogens with zero attached hydrogens (tertiary/aromatic N) is 1. The maximum atomic E-state index is 13.3. The topological polar surface area (TPSA) is 66.5 Å². The van der Waals surface area contributed by atoms with Gasteiger partial charge in [-0.05, 0) is 49.1 Å². The molecule has 1 aliphatic rings. The SMILES string of the molecule is C=CCN(c1ccccc1)S(=O)(=O)c1ccc(Cl)c(C(=O)NCC2CCCCC2)c1. The van der Waals surface area contributed by atoms with Gasteiger partial charge in [0, 0.05) is 6.54 Å². The highest BCUT2D eigenvalue weighted by molar-refractivity contribution is 7.92. The van der Waals surface area contributed by atoms with Crippen LogP contribution in [-0.4, -0.2) is 27.4 Å². The third-order valence-electron chi connectivity index (χ3n) is 5.39. The second kappa shape index (κ2) is 10.1. The van der Waals surface area contributed by atoms with Gasteiger partial charge in [0.05, 0.1) is 27.7 Å². The zero-order chi connectivity index (χ0) is 21.6. The molecule has 0 aliphatic heterocycles. The van der Waals surface area contributed by atoms with Gasteiger partial charge in [0.15, 0.2) is 0 Å². The van der Waals surface area contributed by atoms with Crippen molar-refractivity contribution in [3.8, 4) is 0 Å². The molecular weight excluding hydrogens is 420 g/mol. The molecule has 0 radical (unpaired) electrons. The summed E-state index contributed by atoms with van der Waals surface area (Å²) in [4.78, 5) is 12.7. The first-order chi connectivity index (χ1) is 14.4. The lowest BCUT2D eigenvalue weighted by Crippen LogP contribution is -2.32. The fraction of sp³-hybridized carbons (Fsp3) is 0.348. The molecule has 7 heteroatoms. The zero-order valence-electron chi connectivity index (χ0n) is 16.9. The van der Waals surface area contributed by atoms with Crippen LogP contribution in [0.5, 0.6) is 0 Å². The fourth-order valence-corrected chi connectivity index (χ4v) is 5.41. The van der Waals surface area contributed by atoms with Crippen LogP contribution in [0.15, 0.2) is 66.1 Å². The highest BCUT2D eigenvalue weighted by Crippen LogP contribution is 2.27. The molecule has 160 valence electrons. The lowest BCUT2D eigenvalue weighted by atomic mass is 9.89. The van der Waals surface area contributed by atoms with Crippen molar-refractivity contribution in [1.29, 1.82) is 0 Å². The van der Waals surface area contributed by atoms with Crippen molar-refractivity contribution >= 4 is 33.2 Å². The maximum Gasteiger partial charge on any atom is 0.264 e. The molecule has 0 spiro atoms. The van der Waals surface area contributed by atoms with Crippen LogP contribution < -0.4 is 9.62 Å². The van der Waals surface area contributed by atoms with Gasteiger partial charge >= 0.3 is 0 Å². The van der Waals surface area contributed by atoms with Gasteiger partial charge in [0.2, 0.25) is 0 Å². The minimum Gasteiger partial charge on any atom is -0.352 e. The molecule has 3 rings (SSSR count). The van der Waals surface area contributed by atoms with E-state index in [9.17, 15) is 13.2 Å². The largest absolute Gasteiger partial charge is 0.352 e. The van der Waals surface area contributed by atoms with Crippen LogP contribution in [0, 0.1) is 5.92 Å². The summed E-state index contributed by atoms with van der Waals surface area (Å²) in [5, 5.41) is 3.15. The first-order valence-electron chi connectivity index (χ1n) is 10.2. The minimum atomic E-state index is -3.90. The molecule has 5 nitrogen and oxygen atoms in total. The van der Waals surface area contributed by atoms with Crippen LogP contribution in [-0.2, 0) is 10.0 Å². The van der Waals surface area contributed by atoms with Gasteiger partial charge < -0.3 is 5.32 Å². The molecule has 1 aliphatic carbocycles. The van der Waals surface area contributed by atoms with E-state index in [0.717, 1.165) is 12.8 Å². The molecule has 0 saturated heterocycles. The number of rotatable bonds is 8. The van der Waals surface area contributed by atoms with E-state index in [-0.39, 0.29) is 27.9 Å². The van der Waals surface area contributed by atoms with E-state index >= 15 is 0 Å². The number of nitrogens with one attached hydrogen (secondary N) is 1. The molecule has 0 unspecified atom stereocenters. The predicted octanol–water partition coefficient (Wildman–Crippen LogP) is 5.03. The van der Waals surface area contributed by atoms with Gasteiger partial charge in [-0.25, -0.2) is 8.42 Å². The van der Waals surface area contributed by atoms with E-state index < -0.39 is 10.0 Å². The molecule has 2 aromatic rings. The average Bonchev–Trinajstić information content (AvgIpc) is 2.77. The van der Waals surface area contributed by atoms with Gasteiger partial charge in [-0.15, -0.1) is 6.58 Å². The lowest BCUT2D eigenvalue weighted by Gasteiger charge is -2.24. The van der Waals surface area contributed by atoms with E-state index in [1.54, 1.807) is 24.3 Å². The summed E-state index contributed by atoms with van der Waals surface area (Å²) in [6.07, 6.45) is 7.37. The molecule has 1 N–H and O–H groups in total. The van der Waals surface area contributed by atoms with Crippen LogP contribution in [0.3, 0.4) is 0 Å². The smallest absolute Gasteiger partial charge is 0.264 e. The van der Waals surface area contributed by atoms with Crippen molar-refractivity contribution < 1.29 is 13.2 Å². The third kappa shape index (κ3) is 5.24. The van der Waals surface area contributed by atoms with Crippen LogP contribution in [0.4, 0.5) is 5.69 Å². The minimum absolute atomic E-state index is 0.0143. The molecule has 0 aromatic heterocycles. The number of halogens is 1. The average molecular weight is 447 g/mol. The number of carbonyl (C=O) groups excluding carboxylic acids is 1. The van der Waals surface area contributed by atoms with Crippen molar-refractivity contribution in [2.45, 2.75) is 37.0 Å². The van der Waals surface area contributed by atoms with Gasteiger partial charge in [0.1, 0.15) is 0 Å². The van der Waals surface area contributed by atoms with E-state index in [0.29, 0.717) is 18.2 Å². The molecule has 1 fully saturated rings. The molecule has 30 heavy (non-hydrogen) atoms. The van der Waals surface area contributed by atoms with Gasteiger partial charge in [-0.2, -0.15) is 0 Å². The third-order valence-corrected chi connectivity index (χ3v) is 7.50. The van der Waals surface area contributed by atoms with Crippen LogP contribution in [0.1, 0.15) is 42.5 Å². The van der Waals surface area contributed by atoms with Crippen LogP contribution in [0.2, 0.25) is 5.02 Å².